The zero-order valence-electron chi connectivity index (χ0n) is 19.3. The number of nitrogens with zero attached hydrogens (tertiary/aromatic N) is 3. The van der Waals surface area contributed by atoms with E-state index in [9.17, 15) is 19.5 Å². The number of carbonyl (C=O) groups excluding carboxylic acids is 3. The first-order chi connectivity index (χ1) is 16.1. The molecule has 0 aromatic heterocycles. The minimum Gasteiger partial charge on any atom is -0.394 e. The molecule has 6 atom stereocenters. The zero-order valence-corrected chi connectivity index (χ0v) is 20.9. The van der Waals surface area contributed by atoms with Gasteiger partial charge in [-0.1, -0.05) is 35.9 Å². The molecule has 1 N–H and O–H groups in total. The zero-order chi connectivity index (χ0) is 24.4. The number of thioether (sulfide) groups is 1. The summed E-state index contributed by atoms with van der Waals surface area (Å²) in [5.74, 6) is -1.87. The summed E-state index contributed by atoms with van der Waals surface area (Å²) in [5, 5.41) is 10.6. The molecular formula is C25H28ClN3O4S. The Bertz CT molecular complexity index is 1110. The summed E-state index contributed by atoms with van der Waals surface area (Å²) >= 11 is 7.60. The maximum atomic E-state index is 14.2. The molecule has 0 radical (unpaired) electrons. The van der Waals surface area contributed by atoms with E-state index >= 15 is 0 Å². The number of aliphatic hydroxyl groups is 1. The molecule has 34 heavy (non-hydrogen) atoms. The Labute approximate surface area is 208 Å². The van der Waals surface area contributed by atoms with E-state index in [0.29, 0.717) is 23.8 Å². The molecule has 1 unspecified atom stereocenters. The molecule has 0 aliphatic carbocycles. The highest BCUT2D eigenvalue weighted by Gasteiger charge is 2.74. The lowest BCUT2D eigenvalue weighted by molar-refractivity contribution is -0.144. The number of hydrogen-bond donors (Lipinski definition) is 1. The SMILES string of the molecule is C[C@H](CO)N1C(=O)[C@@H]2[C@H]3C(=O)N(C)CC=C[C@@]3(C)S[C@@]23C=CCN(c2ccc(Cl)cc2)C(=O)C13. The van der Waals surface area contributed by atoms with Gasteiger partial charge < -0.3 is 19.8 Å². The summed E-state index contributed by atoms with van der Waals surface area (Å²) in [6.45, 7) is 4.29. The van der Waals surface area contributed by atoms with Gasteiger partial charge in [-0.2, -0.15) is 0 Å². The highest BCUT2D eigenvalue weighted by Crippen LogP contribution is 2.65. The number of fused-ring (bicyclic) bond motifs is 2. The molecular weight excluding hydrogens is 474 g/mol. The van der Waals surface area contributed by atoms with Gasteiger partial charge in [0.1, 0.15) is 6.04 Å². The van der Waals surface area contributed by atoms with Crippen molar-refractivity contribution in [2.75, 3.05) is 31.6 Å². The number of likely N-dealkylation sites (N-methyl/N-ethyl adjacent to an activating group) is 1. The van der Waals surface area contributed by atoms with Crippen LogP contribution in [0.25, 0.3) is 0 Å². The molecule has 0 saturated carbocycles. The lowest BCUT2D eigenvalue weighted by Gasteiger charge is -2.38. The molecule has 7 nitrogen and oxygen atoms in total. The van der Waals surface area contributed by atoms with Crippen LogP contribution in [0.5, 0.6) is 0 Å². The summed E-state index contributed by atoms with van der Waals surface area (Å²) in [4.78, 5) is 46.6. The van der Waals surface area contributed by atoms with Gasteiger partial charge in [0.2, 0.25) is 11.8 Å². The number of amides is 3. The van der Waals surface area contributed by atoms with Gasteiger partial charge in [-0.25, -0.2) is 0 Å². The van der Waals surface area contributed by atoms with Gasteiger partial charge in [0.05, 0.1) is 29.2 Å². The first-order valence-electron chi connectivity index (χ1n) is 11.4. The quantitative estimate of drug-likeness (QED) is 0.643. The average Bonchev–Trinajstić information content (AvgIpc) is 3.09. The van der Waals surface area contributed by atoms with Crippen LogP contribution in [-0.4, -0.2) is 80.9 Å². The van der Waals surface area contributed by atoms with Crippen LogP contribution in [0.4, 0.5) is 5.69 Å². The number of aliphatic hydroxyl groups excluding tert-OH is 1. The third-order valence-corrected chi connectivity index (χ3v) is 9.62. The van der Waals surface area contributed by atoms with Gasteiger partial charge in [-0.3, -0.25) is 14.4 Å². The van der Waals surface area contributed by atoms with E-state index in [-0.39, 0.29) is 24.3 Å². The number of rotatable bonds is 3. The number of benzene rings is 1. The lowest BCUT2D eigenvalue weighted by Crippen LogP contribution is -2.56. The normalized spacial score (nSPS) is 35.7. The second kappa shape index (κ2) is 8.14. The molecule has 4 aliphatic heterocycles. The van der Waals surface area contributed by atoms with Gasteiger partial charge in [0.25, 0.3) is 5.91 Å². The molecule has 5 rings (SSSR count). The van der Waals surface area contributed by atoms with Gasteiger partial charge in [0.15, 0.2) is 0 Å². The molecule has 2 saturated heterocycles. The Morgan fingerprint density at radius 2 is 1.74 bits per heavy atom. The lowest BCUT2D eigenvalue weighted by atomic mass is 9.74. The minimum atomic E-state index is -0.920. The average molecular weight is 502 g/mol. The Morgan fingerprint density at radius 1 is 1.06 bits per heavy atom. The summed E-state index contributed by atoms with van der Waals surface area (Å²) in [6, 6.07) is 5.62. The standard InChI is InChI=1S/C25H28ClN3O4S/c1-15(14-30)29-20-23(33)28(17-8-6-16(26)7-9-17)13-5-11-25(20)19(22(29)32)18-21(31)27(3)12-4-10-24(18,2)34-25/h4-11,15,18-20,30H,12-14H2,1-3H3/t15-,18+,19+,20?,24-,25+/m1/s1. The fraction of sp³-hybridized carbons (Fsp3) is 0.480. The number of likely N-dealkylation sites (tertiary alicyclic amines) is 1. The predicted molar refractivity (Wildman–Crippen MR) is 133 cm³/mol. The van der Waals surface area contributed by atoms with Crippen molar-refractivity contribution in [3.8, 4) is 0 Å². The third-order valence-electron chi connectivity index (χ3n) is 7.57. The van der Waals surface area contributed by atoms with E-state index in [1.54, 1.807) is 48.0 Å². The maximum Gasteiger partial charge on any atom is 0.251 e. The second-order valence-corrected chi connectivity index (χ2v) is 12.0. The van der Waals surface area contributed by atoms with Crippen molar-refractivity contribution in [3.05, 3.63) is 53.6 Å². The first-order valence-corrected chi connectivity index (χ1v) is 12.6. The molecule has 4 heterocycles. The summed E-state index contributed by atoms with van der Waals surface area (Å²) in [5.41, 5.74) is 0.683. The van der Waals surface area contributed by atoms with E-state index in [4.69, 9.17) is 11.6 Å². The Morgan fingerprint density at radius 3 is 2.41 bits per heavy atom. The number of carbonyl (C=O) groups is 3. The molecule has 4 aliphatic rings. The Balaban J connectivity index is 1.67. The van der Waals surface area contributed by atoms with Crippen LogP contribution in [0.2, 0.25) is 5.02 Å². The van der Waals surface area contributed by atoms with Crippen molar-refractivity contribution in [2.24, 2.45) is 11.8 Å². The molecule has 1 aromatic rings. The van der Waals surface area contributed by atoms with Gasteiger partial charge in [0, 0.05) is 35.6 Å². The van der Waals surface area contributed by atoms with Crippen LogP contribution in [-0.2, 0) is 14.4 Å². The molecule has 3 amide bonds. The second-order valence-electron chi connectivity index (χ2n) is 9.72. The van der Waals surface area contributed by atoms with Gasteiger partial charge in [-0.15, -0.1) is 11.8 Å². The monoisotopic (exact) mass is 501 g/mol. The van der Waals surface area contributed by atoms with Crippen LogP contribution >= 0.6 is 23.4 Å². The van der Waals surface area contributed by atoms with Gasteiger partial charge in [-0.05, 0) is 38.1 Å². The van der Waals surface area contributed by atoms with Crippen LogP contribution in [0.15, 0.2) is 48.6 Å². The van der Waals surface area contributed by atoms with E-state index in [1.165, 1.54) is 16.7 Å². The number of halogens is 1. The molecule has 0 bridgehead atoms. The van der Waals surface area contributed by atoms with Crippen molar-refractivity contribution in [1.29, 1.82) is 0 Å². The molecule has 180 valence electrons. The minimum absolute atomic E-state index is 0.0906. The van der Waals surface area contributed by atoms with Crippen molar-refractivity contribution < 1.29 is 19.5 Å². The molecule has 1 spiro atoms. The summed E-state index contributed by atoms with van der Waals surface area (Å²) in [6.07, 6.45) is 7.91. The van der Waals surface area contributed by atoms with Crippen molar-refractivity contribution >= 4 is 46.8 Å². The summed E-state index contributed by atoms with van der Waals surface area (Å²) < 4.78 is -1.55. The number of anilines is 1. The van der Waals surface area contributed by atoms with Crippen molar-refractivity contribution in [1.82, 2.24) is 9.80 Å². The van der Waals surface area contributed by atoms with E-state index < -0.39 is 33.4 Å². The van der Waals surface area contributed by atoms with E-state index in [0.717, 1.165) is 0 Å². The molecule has 2 fully saturated rings. The highest BCUT2D eigenvalue weighted by molar-refractivity contribution is 8.02. The number of hydrogen-bond acceptors (Lipinski definition) is 5. The van der Waals surface area contributed by atoms with Crippen LogP contribution in [0.3, 0.4) is 0 Å². The van der Waals surface area contributed by atoms with Crippen LogP contribution in [0, 0.1) is 11.8 Å². The van der Waals surface area contributed by atoms with Gasteiger partial charge >= 0.3 is 0 Å². The van der Waals surface area contributed by atoms with Crippen molar-refractivity contribution in [2.45, 2.75) is 35.4 Å². The smallest absolute Gasteiger partial charge is 0.251 e. The van der Waals surface area contributed by atoms with Crippen LogP contribution in [0.1, 0.15) is 13.8 Å². The van der Waals surface area contributed by atoms with E-state index in [1.807, 2.05) is 31.2 Å². The fourth-order valence-electron chi connectivity index (χ4n) is 6.00. The summed E-state index contributed by atoms with van der Waals surface area (Å²) in [7, 11) is 1.75. The first kappa shape index (κ1) is 23.5. The molecule has 9 heteroatoms. The maximum absolute atomic E-state index is 14.2. The highest BCUT2D eigenvalue weighted by atomic mass is 35.5. The van der Waals surface area contributed by atoms with Crippen molar-refractivity contribution in [3.63, 3.8) is 0 Å². The Hall–Kier alpha value is -2.29. The Kier molecular flexibility index (Phi) is 5.61. The largest absolute Gasteiger partial charge is 0.394 e. The third kappa shape index (κ3) is 3.18. The molecule has 1 aromatic carbocycles. The predicted octanol–water partition coefficient (Wildman–Crippen LogP) is 2.34. The van der Waals surface area contributed by atoms with E-state index in [2.05, 4.69) is 0 Å². The topological polar surface area (TPSA) is 81.2 Å². The fourth-order valence-corrected chi connectivity index (χ4v) is 8.27. The van der Waals surface area contributed by atoms with Crippen LogP contribution < -0.4 is 4.90 Å².